The average molecular weight is 475 g/mol. The van der Waals surface area contributed by atoms with Gasteiger partial charge in [-0.1, -0.05) is 41.4 Å². The number of fused-ring (bicyclic) bond motifs is 1. The number of hydrogen-bond acceptors (Lipinski definition) is 4. The van der Waals surface area contributed by atoms with Gasteiger partial charge in [-0.3, -0.25) is 9.10 Å². The minimum Gasteiger partial charge on any atom is -0.482 e. The van der Waals surface area contributed by atoms with Gasteiger partial charge >= 0.3 is 0 Å². The number of rotatable bonds is 8. The quantitative estimate of drug-likeness (QED) is 0.572. The van der Waals surface area contributed by atoms with Gasteiger partial charge in [0.2, 0.25) is 0 Å². The lowest BCUT2D eigenvalue weighted by molar-refractivity contribution is -0.123. The maximum Gasteiger partial charge on any atom is 0.264 e. The molecule has 1 aliphatic carbocycles. The molecule has 0 bridgehead atoms. The first-order valence-corrected chi connectivity index (χ1v) is 12.7. The molecule has 0 radical (unpaired) electrons. The highest BCUT2D eigenvalue weighted by Crippen LogP contribution is 2.35. The fourth-order valence-electron chi connectivity index (χ4n) is 4.13. The molecule has 2 aromatic rings. The highest BCUT2D eigenvalue weighted by atomic mass is 35.5. The number of carbonyl (C=O) groups excluding carboxylic acids is 1. The van der Waals surface area contributed by atoms with Gasteiger partial charge in [0.25, 0.3) is 15.9 Å². The molecule has 170 valence electrons. The summed E-state index contributed by atoms with van der Waals surface area (Å²) in [7, 11) is -3.74. The lowest BCUT2D eigenvalue weighted by Crippen LogP contribution is -2.30. The van der Waals surface area contributed by atoms with E-state index in [2.05, 4.69) is 11.4 Å². The fraction of sp³-hybridized carbons (Fsp3) is 0.375. The van der Waals surface area contributed by atoms with Crippen LogP contribution in [-0.2, 0) is 21.2 Å². The Bertz CT molecular complexity index is 1130. The van der Waals surface area contributed by atoms with E-state index in [-0.39, 0.29) is 28.2 Å². The average Bonchev–Trinajstić information content (AvgIpc) is 3.24. The molecular formula is C24H27ClN2O4S. The zero-order valence-electron chi connectivity index (χ0n) is 17.8. The largest absolute Gasteiger partial charge is 0.482 e. The van der Waals surface area contributed by atoms with E-state index in [1.165, 1.54) is 40.9 Å². The molecule has 6 nitrogen and oxygen atoms in total. The van der Waals surface area contributed by atoms with Crippen molar-refractivity contribution >= 4 is 33.2 Å². The predicted octanol–water partition coefficient (Wildman–Crippen LogP) is 4.48. The van der Waals surface area contributed by atoms with Gasteiger partial charge in [-0.05, 0) is 68.4 Å². The summed E-state index contributed by atoms with van der Waals surface area (Å²) in [5.74, 6) is 0.0421. The molecule has 0 fully saturated rings. The summed E-state index contributed by atoms with van der Waals surface area (Å²) in [5, 5.41) is 3.00. The van der Waals surface area contributed by atoms with Gasteiger partial charge in [0.15, 0.2) is 6.61 Å². The molecule has 0 spiro atoms. The monoisotopic (exact) mass is 474 g/mol. The Morgan fingerprint density at radius 3 is 2.75 bits per heavy atom. The summed E-state index contributed by atoms with van der Waals surface area (Å²) in [5.41, 5.74) is 3.11. The van der Waals surface area contributed by atoms with Gasteiger partial charge in [0, 0.05) is 13.1 Å². The normalized spacial score (nSPS) is 15.8. The molecule has 1 N–H and O–H groups in total. The standard InChI is InChI=1S/C24H27ClN2O4S/c25-21-16-20(32(29,30)27-15-13-19-8-4-5-9-22(19)27)10-11-23(21)31-17-24(28)26-14-12-18-6-2-1-3-7-18/h4-6,8-11,16H,1-3,7,12-15,17H2,(H,26,28). The topological polar surface area (TPSA) is 75.7 Å². The van der Waals surface area contributed by atoms with Crippen molar-refractivity contribution in [3.63, 3.8) is 0 Å². The molecule has 32 heavy (non-hydrogen) atoms. The second-order valence-corrected chi connectivity index (χ2v) is 10.3. The molecule has 1 heterocycles. The van der Waals surface area contributed by atoms with Crippen LogP contribution in [0.2, 0.25) is 5.02 Å². The van der Waals surface area contributed by atoms with E-state index >= 15 is 0 Å². The Kier molecular flexibility index (Phi) is 7.06. The summed E-state index contributed by atoms with van der Waals surface area (Å²) in [6.45, 7) is 0.801. The number of para-hydroxylation sites is 1. The minimum absolute atomic E-state index is 0.0942. The molecule has 8 heteroatoms. The van der Waals surface area contributed by atoms with Crippen molar-refractivity contribution in [1.82, 2.24) is 5.32 Å². The third-order valence-electron chi connectivity index (χ3n) is 5.85. The summed E-state index contributed by atoms with van der Waals surface area (Å²) in [6, 6.07) is 11.8. The number of ether oxygens (including phenoxy) is 1. The summed E-state index contributed by atoms with van der Waals surface area (Å²) in [4.78, 5) is 12.2. The Balaban J connectivity index is 1.34. The van der Waals surface area contributed by atoms with Gasteiger partial charge in [-0.15, -0.1) is 0 Å². The Morgan fingerprint density at radius 2 is 1.97 bits per heavy atom. The first kappa shape index (κ1) is 22.7. The third kappa shape index (κ3) is 5.10. The van der Waals surface area contributed by atoms with Crippen LogP contribution >= 0.6 is 11.6 Å². The second-order valence-electron chi connectivity index (χ2n) is 8.04. The van der Waals surface area contributed by atoms with Crippen LogP contribution in [0.3, 0.4) is 0 Å². The highest BCUT2D eigenvalue weighted by Gasteiger charge is 2.31. The zero-order valence-corrected chi connectivity index (χ0v) is 19.4. The SMILES string of the molecule is O=C(COc1ccc(S(=O)(=O)N2CCc3ccccc32)cc1Cl)NCCC1=CCCCC1. The van der Waals surface area contributed by atoms with E-state index < -0.39 is 10.0 Å². The van der Waals surface area contributed by atoms with Crippen molar-refractivity contribution in [3.05, 3.63) is 64.7 Å². The summed E-state index contributed by atoms with van der Waals surface area (Å²) < 4.78 is 33.2. The predicted molar refractivity (Wildman–Crippen MR) is 126 cm³/mol. The van der Waals surface area contributed by atoms with Crippen LogP contribution < -0.4 is 14.4 Å². The van der Waals surface area contributed by atoms with Crippen LogP contribution in [0.5, 0.6) is 5.75 Å². The second kappa shape index (κ2) is 9.96. The van der Waals surface area contributed by atoms with Gasteiger partial charge in [-0.2, -0.15) is 0 Å². The molecule has 1 aliphatic heterocycles. The molecule has 4 rings (SSSR count). The van der Waals surface area contributed by atoms with Crippen LogP contribution in [0.1, 0.15) is 37.7 Å². The maximum absolute atomic E-state index is 13.1. The maximum atomic E-state index is 13.1. The number of nitrogens with zero attached hydrogens (tertiary/aromatic N) is 1. The van der Waals surface area contributed by atoms with E-state index in [0.29, 0.717) is 25.2 Å². The van der Waals surface area contributed by atoms with Crippen LogP contribution in [0.4, 0.5) is 5.69 Å². The molecule has 2 aliphatic rings. The number of benzene rings is 2. The minimum atomic E-state index is -3.74. The Morgan fingerprint density at radius 1 is 1.12 bits per heavy atom. The fourth-order valence-corrected chi connectivity index (χ4v) is 5.96. The number of anilines is 1. The van der Waals surface area contributed by atoms with Crippen molar-refractivity contribution in [3.8, 4) is 5.75 Å². The number of allylic oxidation sites excluding steroid dienone is 1. The Hall–Kier alpha value is -2.51. The summed E-state index contributed by atoms with van der Waals surface area (Å²) in [6.07, 6.45) is 8.51. The van der Waals surface area contributed by atoms with Crippen molar-refractivity contribution in [2.24, 2.45) is 0 Å². The van der Waals surface area contributed by atoms with Crippen molar-refractivity contribution in [2.45, 2.75) is 43.4 Å². The molecular weight excluding hydrogens is 448 g/mol. The third-order valence-corrected chi connectivity index (χ3v) is 7.95. The lowest BCUT2D eigenvalue weighted by Gasteiger charge is -2.20. The number of hydrogen-bond donors (Lipinski definition) is 1. The van der Waals surface area contributed by atoms with E-state index in [1.54, 1.807) is 0 Å². The van der Waals surface area contributed by atoms with Crippen molar-refractivity contribution in [1.29, 1.82) is 0 Å². The van der Waals surface area contributed by atoms with E-state index in [0.717, 1.165) is 24.8 Å². The Labute approximate surface area is 194 Å². The molecule has 1 amide bonds. The molecule has 0 unspecified atom stereocenters. The number of carbonyl (C=O) groups is 1. The number of nitrogens with one attached hydrogen (secondary N) is 1. The summed E-state index contributed by atoms with van der Waals surface area (Å²) >= 11 is 6.28. The van der Waals surface area contributed by atoms with E-state index in [4.69, 9.17) is 16.3 Å². The van der Waals surface area contributed by atoms with E-state index in [9.17, 15) is 13.2 Å². The first-order chi connectivity index (χ1) is 15.4. The van der Waals surface area contributed by atoms with E-state index in [1.807, 2.05) is 24.3 Å². The number of sulfonamides is 1. The van der Waals surface area contributed by atoms with Crippen molar-refractivity contribution in [2.75, 3.05) is 24.0 Å². The van der Waals surface area contributed by atoms with Gasteiger partial charge in [0.1, 0.15) is 5.75 Å². The van der Waals surface area contributed by atoms with Gasteiger partial charge in [0.05, 0.1) is 15.6 Å². The molecule has 0 saturated heterocycles. The van der Waals surface area contributed by atoms with Crippen LogP contribution in [0.15, 0.2) is 59.0 Å². The van der Waals surface area contributed by atoms with Crippen molar-refractivity contribution < 1.29 is 17.9 Å². The number of amides is 1. The van der Waals surface area contributed by atoms with Gasteiger partial charge in [-0.25, -0.2) is 8.42 Å². The molecule has 2 aromatic carbocycles. The van der Waals surface area contributed by atoms with Crippen LogP contribution in [0.25, 0.3) is 0 Å². The van der Waals surface area contributed by atoms with Gasteiger partial charge < -0.3 is 10.1 Å². The smallest absolute Gasteiger partial charge is 0.264 e. The van der Waals surface area contributed by atoms with Crippen LogP contribution in [-0.4, -0.2) is 34.0 Å². The molecule has 0 saturated carbocycles. The highest BCUT2D eigenvalue weighted by molar-refractivity contribution is 7.92. The number of halogens is 1. The first-order valence-electron chi connectivity index (χ1n) is 10.9. The lowest BCUT2D eigenvalue weighted by atomic mass is 9.97. The molecule has 0 atom stereocenters. The molecule has 0 aromatic heterocycles. The zero-order chi connectivity index (χ0) is 22.6. The van der Waals surface area contributed by atoms with Crippen LogP contribution in [0, 0.1) is 0 Å².